The number of rotatable bonds is 3. The number of fused-ring (bicyclic) bond motifs is 1. The number of hydrogen-bond acceptors (Lipinski definition) is 1. The summed E-state index contributed by atoms with van der Waals surface area (Å²) in [6.45, 7) is 2.72. The summed E-state index contributed by atoms with van der Waals surface area (Å²) in [5.74, 6) is -0.151. The number of halogens is 1. The first-order valence-electron chi connectivity index (χ1n) is 5.59. The zero-order valence-corrected chi connectivity index (χ0v) is 9.76. The maximum atomic E-state index is 13.7. The van der Waals surface area contributed by atoms with Crippen LogP contribution in [0.5, 0.6) is 0 Å². The van der Waals surface area contributed by atoms with Gasteiger partial charge in [-0.2, -0.15) is 0 Å². The number of aryl methyl sites for hydroxylation is 2. The summed E-state index contributed by atoms with van der Waals surface area (Å²) < 4.78 is 15.7. The molecule has 16 heavy (non-hydrogen) atoms. The summed E-state index contributed by atoms with van der Waals surface area (Å²) in [5, 5.41) is 1.01. The van der Waals surface area contributed by atoms with Crippen LogP contribution in [0.15, 0.2) is 18.2 Å². The highest BCUT2D eigenvalue weighted by Crippen LogP contribution is 2.27. The lowest BCUT2D eigenvalue weighted by molar-refractivity contribution is 0.629. The van der Waals surface area contributed by atoms with E-state index in [0.29, 0.717) is 12.1 Å². The number of nitrogens with two attached hydrogens (primary N) is 1. The minimum atomic E-state index is -0.151. The van der Waals surface area contributed by atoms with Gasteiger partial charge in [0.1, 0.15) is 5.82 Å². The Bertz CT molecular complexity index is 514. The van der Waals surface area contributed by atoms with Gasteiger partial charge in [0, 0.05) is 18.1 Å². The fourth-order valence-electron chi connectivity index (χ4n) is 2.33. The molecule has 0 saturated carbocycles. The first kappa shape index (κ1) is 11.1. The summed E-state index contributed by atoms with van der Waals surface area (Å²) >= 11 is 0. The maximum absolute atomic E-state index is 13.7. The lowest BCUT2D eigenvalue weighted by Crippen LogP contribution is -2.04. The van der Waals surface area contributed by atoms with E-state index in [9.17, 15) is 4.39 Å². The Labute approximate surface area is 94.9 Å². The van der Waals surface area contributed by atoms with Crippen LogP contribution in [0.25, 0.3) is 10.9 Å². The molecule has 0 unspecified atom stereocenters. The Hall–Kier alpha value is -1.35. The van der Waals surface area contributed by atoms with E-state index in [0.717, 1.165) is 18.2 Å². The highest BCUT2D eigenvalue weighted by atomic mass is 19.1. The predicted molar refractivity (Wildman–Crippen MR) is 65.0 cm³/mol. The molecule has 0 aliphatic heterocycles. The molecular weight excluding hydrogens is 203 g/mol. The highest BCUT2D eigenvalue weighted by molar-refractivity contribution is 5.85. The molecule has 0 radical (unpaired) electrons. The predicted octanol–water partition coefficient (Wildman–Crippen LogP) is 2.52. The van der Waals surface area contributed by atoms with Crippen LogP contribution in [0.3, 0.4) is 0 Å². The monoisotopic (exact) mass is 220 g/mol. The van der Waals surface area contributed by atoms with Crippen molar-refractivity contribution in [3.8, 4) is 0 Å². The van der Waals surface area contributed by atoms with E-state index < -0.39 is 0 Å². The van der Waals surface area contributed by atoms with Crippen molar-refractivity contribution in [2.45, 2.75) is 19.8 Å². The number of benzene rings is 1. The molecule has 0 aliphatic rings. The Kier molecular flexibility index (Phi) is 2.97. The van der Waals surface area contributed by atoms with Gasteiger partial charge in [-0.05, 0) is 37.9 Å². The van der Waals surface area contributed by atoms with Crippen molar-refractivity contribution < 1.29 is 4.39 Å². The molecule has 0 saturated heterocycles. The third kappa shape index (κ3) is 1.61. The third-order valence-electron chi connectivity index (χ3n) is 3.18. The van der Waals surface area contributed by atoms with Crippen molar-refractivity contribution >= 4 is 10.9 Å². The number of nitrogens with zero attached hydrogens (tertiary/aromatic N) is 1. The van der Waals surface area contributed by atoms with Crippen molar-refractivity contribution in [1.82, 2.24) is 4.57 Å². The molecule has 0 atom stereocenters. The standard InChI is InChI=1S/C13H17FN2/c1-9-10-5-3-6-11(14)13(10)16(2)12(9)7-4-8-15/h3,5-6H,4,7-8,15H2,1-2H3. The molecule has 1 aromatic heterocycles. The molecule has 2 nitrogen and oxygen atoms in total. The van der Waals surface area contributed by atoms with Crippen LogP contribution >= 0.6 is 0 Å². The van der Waals surface area contributed by atoms with Crippen LogP contribution in [0.1, 0.15) is 17.7 Å². The van der Waals surface area contributed by atoms with Gasteiger partial charge in [-0.15, -0.1) is 0 Å². The van der Waals surface area contributed by atoms with Crippen LogP contribution in [0, 0.1) is 12.7 Å². The normalized spacial score (nSPS) is 11.2. The van der Waals surface area contributed by atoms with Gasteiger partial charge in [0.15, 0.2) is 0 Å². The van der Waals surface area contributed by atoms with Gasteiger partial charge in [-0.1, -0.05) is 12.1 Å². The largest absolute Gasteiger partial charge is 0.345 e. The minimum absolute atomic E-state index is 0.151. The topological polar surface area (TPSA) is 30.9 Å². The molecule has 2 aromatic rings. The lowest BCUT2D eigenvalue weighted by atomic mass is 10.1. The lowest BCUT2D eigenvalue weighted by Gasteiger charge is -2.04. The second-order valence-corrected chi connectivity index (χ2v) is 4.16. The molecule has 86 valence electrons. The first-order valence-corrected chi connectivity index (χ1v) is 5.59. The van der Waals surface area contributed by atoms with E-state index in [1.807, 2.05) is 24.6 Å². The van der Waals surface area contributed by atoms with Crippen molar-refractivity contribution in [1.29, 1.82) is 0 Å². The zero-order chi connectivity index (χ0) is 11.7. The minimum Gasteiger partial charge on any atom is -0.345 e. The second-order valence-electron chi connectivity index (χ2n) is 4.16. The average molecular weight is 220 g/mol. The number of hydrogen-bond donors (Lipinski definition) is 1. The molecule has 0 spiro atoms. The van der Waals surface area contributed by atoms with Gasteiger partial charge >= 0.3 is 0 Å². The fraction of sp³-hybridized carbons (Fsp3) is 0.385. The van der Waals surface area contributed by atoms with Crippen LogP contribution in [-0.4, -0.2) is 11.1 Å². The molecule has 0 bridgehead atoms. The molecule has 1 aromatic carbocycles. The van der Waals surface area contributed by atoms with Crippen LogP contribution < -0.4 is 5.73 Å². The third-order valence-corrected chi connectivity index (χ3v) is 3.18. The molecule has 2 N–H and O–H groups in total. The van der Waals surface area contributed by atoms with Gasteiger partial charge < -0.3 is 10.3 Å². The van der Waals surface area contributed by atoms with E-state index in [1.54, 1.807) is 6.07 Å². The van der Waals surface area contributed by atoms with Crippen LogP contribution in [0.4, 0.5) is 4.39 Å². The summed E-state index contributed by atoms with van der Waals surface area (Å²) in [7, 11) is 1.92. The van der Waals surface area contributed by atoms with Gasteiger partial charge in [-0.25, -0.2) is 4.39 Å². The molecule has 0 aliphatic carbocycles. The Morgan fingerprint density at radius 3 is 2.75 bits per heavy atom. The van der Waals surface area contributed by atoms with Gasteiger partial charge in [-0.3, -0.25) is 0 Å². The van der Waals surface area contributed by atoms with Crippen molar-refractivity contribution in [2.75, 3.05) is 6.54 Å². The number of para-hydroxylation sites is 1. The van der Waals surface area contributed by atoms with E-state index in [4.69, 9.17) is 5.73 Å². The maximum Gasteiger partial charge on any atom is 0.147 e. The van der Waals surface area contributed by atoms with Gasteiger partial charge in [0.05, 0.1) is 5.52 Å². The van der Waals surface area contributed by atoms with E-state index in [1.165, 1.54) is 17.3 Å². The summed E-state index contributed by atoms with van der Waals surface area (Å²) in [5.41, 5.74) is 8.58. The number of aromatic nitrogens is 1. The van der Waals surface area contributed by atoms with E-state index in [2.05, 4.69) is 0 Å². The molecule has 0 amide bonds. The SMILES string of the molecule is Cc1c(CCCN)n(C)c2c(F)cccc12. The summed E-state index contributed by atoms with van der Waals surface area (Å²) in [4.78, 5) is 0. The van der Waals surface area contributed by atoms with E-state index >= 15 is 0 Å². The van der Waals surface area contributed by atoms with Gasteiger partial charge in [0.2, 0.25) is 0 Å². The van der Waals surface area contributed by atoms with Gasteiger partial charge in [0.25, 0.3) is 0 Å². The zero-order valence-electron chi connectivity index (χ0n) is 9.76. The van der Waals surface area contributed by atoms with Crippen molar-refractivity contribution in [3.63, 3.8) is 0 Å². The van der Waals surface area contributed by atoms with Crippen LogP contribution in [0.2, 0.25) is 0 Å². The van der Waals surface area contributed by atoms with Crippen LogP contribution in [-0.2, 0) is 13.5 Å². The Balaban J connectivity index is 2.62. The molecule has 2 rings (SSSR count). The first-order chi connectivity index (χ1) is 7.66. The summed E-state index contributed by atoms with van der Waals surface area (Å²) in [6, 6.07) is 5.24. The Morgan fingerprint density at radius 2 is 2.12 bits per heavy atom. The fourth-order valence-corrected chi connectivity index (χ4v) is 2.33. The molecular formula is C13H17FN2. The van der Waals surface area contributed by atoms with Crippen molar-refractivity contribution in [3.05, 3.63) is 35.3 Å². The molecule has 3 heteroatoms. The molecule has 1 heterocycles. The summed E-state index contributed by atoms with van der Waals surface area (Å²) in [6.07, 6.45) is 1.85. The smallest absolute Gasteiger partial charge is 0.147 e. The molecule has 0 fully saturated rings. The van der Waals surface area contributed by atoms with Crippen molar-refractivity contribution in [2.24, 2.45) is 12.8 Å². The Morgan fingerprint density at radius 1 is 1.38 bits per heavy atom. The second kappa shape index (κ2) is 4.26. The quantitative estimate of drug-likeness (QED) is 0.846. The average Bonchev–Trinajstić information content (AvgIpc) is 2.51. The van der Waals surface area contributed by atoms with E-state index in [-0.39, 0.29) is 5.82 Å². The highest BCUT2D eigenvalue weighted by Gasteiger charge is 2.13.